The Hall–Kier alpha value is -1.42. The van der Waals surface area contributed by atoms with Crippen LogP contribution in [-0.4, -0.2) is 38.3 Å². The molecule has 0 radical (unpaired) electrons. The molecule has 0 aliphatic carbocycles. The fourth-order valence-electron chi connectivity index (χ4n) is 2.12. The number of nitrogens with two attached hydrogens (primary N) is 1. The molecule has 0 bridgehead atoms. The van der Waals surface area contributed by atoms with Gasteiger partial charge in [-0.15, -0.1) is 0 Å². The first-order chi connectivity index (χ1) is 8.31. The van der Waals surface area contributed by atoms with E-state index in [4.69, 9.17) is 15.2 Å². The van der Waals surface area contributed by atoms with E-state index < -0.39 is 0 Å². The smallest absolute Gasteiger partial charge is 0.146 e. The molecule has 4 heteroatoms. The summed E-state index contributed by atoms with van der Waals surface area (Å²) < 4.78 is 10.8. The van der Waals surface area contributed by atoms with Crippen LogP contribution in [0.1, 0.15) is 12.8 Å². The van der Waals surface area contributed by atoms with Gasteiger partial charge in [0.25, 0.3) is 0 Å². The number of likely N-dealkylation sites (tertiary alicyclic amines) is 1. The van der Waals surface area contributed by atoms with Gasteiger partial charge in [0.05, 0.1) is 7.11 Å². The maximum Gasteiger partial charge on any atom is 0.146 e. The predicted molar refractivity (Wildman–Crippen MR) is 68.6 cm³/mol. The third-order valence-electron chi connectivity index (χ3n) is 3.11. The van der Waals surface area contributed by atoms with Crippen LogP contribution in [0.25, 0.3) is 0 Å². The highest BCUT2D eigenvalue weighted by Gasteiger charge is 2.11. The Labute approximate surface area is 102 Å². The van der Waals surface area contributed by atoms with Gasteiger partial charge in [-0.3, -0.25) is 4.90 Å². The van der Waals surface area contributed by atoms with Crippen molar-refractivity contribution in [2.75, 3.05) is 39.1 Å². The Kier molecular flexibility index (Phi) is 4.09. The quantitative estimate of drug-likeness (QED) is 0.791. The van der Waals surface area contributed by atoms with Gasteiger partial charge in [0.15, 0.2) is 0 Å². The Morgan fingerprint density at radius 1 is 1.24 bits per heavy atom. The van der Waals surface area contributed by atoms with E-state index in [0.717, 1.165) is 6.54 Å². The van der Waals surface area contributed by atoms with Gasteiger partial charge < -0.3 is 15.2 Å². The molecule has 0 unspecified atom stereocenters. The van der Waals surface area contributed by atoms with Crippen LogP contribution in [0, 0.1) is 0 Å². The molecule has 1 aromatic carbocycles. The highest BCUT2D eigenvalue weighted by atomic mass is 16.5. The number of hydrogen-bond donors (Lipinski definition) is 1. The average Bonchev–Trinajstić information content (AvgIpc) is 2.84. The molecule has 1 aromatic rings. The highest BCUT2D eigenvalue weighted by Crippen LogP contribution is 2.30. The van der Waals surface area contributed by atoms with Crippen molar-refractivity contribution < 1.29 is 9.47 Å². The molecule has 17 heavy (non-hydrogen) atoms. The van der Waals surface area contributed by atoms with Gasteiger partial charge in [-0.1, -0.05) is 6.07 Å². The second kappa shape index (κ2) is 5.77. The van der Waals surface area contributed by atoms with E-state index in [1.54, 1.807) is 7.11 Å². The summed E-state index contributed by atoms with van der Waals surface area (Å²) in [7, 11) is 1.61. The molecule has 0 saturated carbocycles. The molecular weight excluding hydrogens is 216 g/mol. The van der Waals surface area contributed by atoms with Crippen LogP contribution in [0.3, 0.4) is 0 Å². The zero-order valence-electron chi connectivity index (χ0n) is 10.3. The normalized spacial score (nSPS) is 16.1. The van der Waals surface area contributed by atoms with Crippen molar-refractivity contribution >= 4 is 5.69 Å². The van der Waals surface area contributed by atoms with Crippen LogP contribution in [0.5, 0.6) is 11.5 Å². The first-order valence-electron chi connectivity index (χ1n) is 6.09. The lowest BCUT2D eigenvalue weighted by atomic mass is 10.3. The standard InChI is InChI=1S/C13H20N2O2/c1-16-11-5-4-6-12(13(11)14)17-10-9-15-7-2-3-8-15/h4-6H,2-3,7-10,14H2,1H3. The molecule has 4 nitrogen and oxygen atoms in total. The molecule has 0 atom stereocenters. The van der Waals surface area contributed by atoms with E-state index in [0.29, 0.717) is 23.8 Å². The van der Waals surface area contributed by atoms with Gasteiger partial charge in [0.2, 0.25) is 0 Å². The Balaban J connectivity index is 1.85. The number of hydrogen-bond acceptors (Lipinski definition) is 4. The van der Waals surface area contributed by atoms with Crippen LogP contribution in [0.2, 0.25) is 0 Å². The van der Waals surface area contributed by atoms with Crippen LogP contribution in [0.15, 0.2) is 18.2 Å². The summed E-state index contributed by atoms with van der Waals surface area (Å²) in [4.78, 5) is 2.41. The van der Waals surface area contributed by atoms with Crippen molar-refractivity contribution in [3.8, 4) is 11.5 Å². The lowest BCUT2D eigenvalue weighted by molar-refractivity contribution is 0.238. The monoisotopic (exact) mass is 236 g/mol. The predicted octanol–water partition coefficient (Wildman–Crippen LogP) is 1.75. The summed E-state index contributed by atoms with van der Waals surface area (Å²) in [6, 6.07) is 5.60. The molecule has 94 valence electrons. The van der Waals surface area contributed by atoms with Gasteiger partial charge in [0.1, 0.15) is 23.8 Å². The van der Waals surface area contributed by atoms with E-state index in [9.17, 15) is 0 Å². The van der Waals surface area contributed by atoms with Crippen LogP contribution >= 0.6 is 0 Å². The number of benzene rings is 1. The molecule has 1 fully saturated rings. The number of nitrogen functional groups attached to an aromatic ring is 1. The first-order valence-corrected chi connectivity index (χ1v) is 6.09. The maximum absolute atomic E-state index is 5.92. The van der Waals surface area contributed by atoms with Gasteiger partial charge in [-0.25, -0.2) is 0 Å². The molecule has 0 aromatic heterocycles. The Morgan fingerprint density at radius 3 is 2.65 bits per heavy atom. The third kappa shape index (κ3) is 3.03. The Morgan fingerprint density at radius 2 is 1.94 bits per heavy atom. The maximum atomic E-state index is 5.92. The average molecular weight is 236 g/mol. The summed E-state index contributed by atoms with van der Waals surface area (Å²) in [6.07, 6.45) is 2.61. The first kappa shape index (κ1) is 12.0. The fraction of sp³-hybridized carbons (Fsp3) is 0.538. The van der Waals surface area contributed by atoms with Crippen molar-refractivity contribution in [1.82, 2.24) is 4.90 Å². The molecule has 1 saturated heterocycles. The van der Waals surface area contributed by atoms with Crippen molar-refractivity contribution in [3.05, 3.63) is 18.2 Å². The molecule has 2 rings (SSSR count). The zero-order chi connectivity index (χ0) is 12.1. The van der Waals surface area contributed by atoms with Gasteiger partial charge in [-0.2, -0.15) is 0 Å². The number of rotatable bonds is 5. The minimum Gasteiger partial charge on any atom is -0.494 e. The topological polar surface area (TPSA) is 47.7 Å². The second-order valence-electron chi connectivity index (χ2n) is 4.27. The third-order valence-corrected chi connectivity index (χ3v) is 3.11. The number of para-hydroxylation sites is 1. The van der Waals surface area contributed by atoms with Gasteiger partial charge >= 0.3 is 0 Å². The van der Waals surface area contributed by atoms with Gasteiger partial charge in [0, 0.05) is 6.54 Å². The van der Waals surface area contributed by atoms with Crippen LogP contribution < -0.4 is 15.2 Å². The second-order valence-corrected chi connectivity index (χ2v) is 4.27. The molecule has 0 amide bonds. The van der Waals surface area contributed by atoms with Crippen molar-refractivity contribution in [2.45, 2.75) is 12.8 Å². The van der Waals surface area contributed by atoms with Crippen LogP contribution in [-0.2, 0) is 0 Å². The van der Waals surface area contributed by atoms with Crippen molar-refractivity contribution in [2.24, 2.45) is 0 Å². The highest BCUT2D eigenvalue weighted by molar-refractivity contribution is 5.62. The van der Waals surface area contributed by atoms with E-state index in [2.05, 4.69) is 4.90 Å². The van der Waals surface area contributed by atoms with Crippen LogP contribution in [0.4, 0.5) is 5.69 Å². The fourth-order valence-corrected chi connectivity index (χ4v) is 2.12. The molecule has 0 spiro atoms. The summed E-state index contributed by atoms with van der Waals surface area (Å²) in [6.45, 7) is 4.03. The number of nitrogens with zero attached hydrogens (tertiary/aromatic N) is 1. The van der Waals surface area contributed by atoms with Gasteiger partial charge in [-0.05, 0) is 38.1 Å². The Bertz CT molecular complexity index is 362. The summed E-state index contributed by atoms with van der Waals surface area (Å²) in [5, 5.41) is 0. The molecule has 1 aliphatic rings. The number of methoxy groups -OCH3 is 1. The number of anilines is 1. The lowest BCUT2D eigenvalue weighted by Crippen LogP contribution is -2.25. The summed E-state index contributed by atoms with van der Waals surface area (Å²) >= 11 is 0. The zero-order valence-corrected chi connectivity index (χ0v) is 10.3. The lowest BCUT2D eigenvalue weighted by Gasteiger charge is -2.16. The summed E-state index contributed by atoms with van der Waals surface area (Å²) in [5.41, 5.74) is 6.50. The van der Waals surface area contributed by atoms with E-state index in [1.165, 1.54) is 25.9 Å². The van der Waals surface area contributed by atoms with E-state index in [1.807, 2.05) is 18.2 Å². The summed E-state index contributed by atoms with van der Waals surface area (Å²) in [5.74, 6) is 1.38. The van der Waals surface area contributed by atoms with E-state index in [-0.39, 0.29) is 0 Å². The minimum atomic E-state index is 0.580. The van der Waals surface area contributed by atoms with Crippen molar-refractivity contribution in [3.63, 3.8) is 0 Å². The SMILES string of the molecule is COc1cccc(OCCN2CCCC2)c1N. The molecular formula is C13H20N2O2. The van der Waals surface area contributed by atoms with E-state index >= 15 is 0 Å². The number of ether oxygens (including phenoxy) is 2. The largest absolute Gasteiger partial charge is 0.494 e. The molecule has 1 aliphatic heterocycles. The van der Waals surface area contributed by atoms with Crippen molar-refractivity contribution in [1.29, 1.82) is 0 Å². The molecule has 2 N–H and O–H groups in total. The molecule has 1 heterocycles. The minimum absolute atomic E-state index is 0.580.